The number of aromatic nitrogens is 3. The molecular weight excluding hydrogens is 384 g/mol. The smallest absolute Gasteiger partial charge is 0.256 e. The quantitative estimate of drug-likeness (QED) is 0.541. The van der Waals surface area contributed by atoms with E-state index < -0.39 is 0 Å². The van der Waals surface area contributed by atoms with Gasteiger partial charge < -0.3 is 4.90 Å². The van der Waals surface area contributed by atoms with Crippen molar-refractivity contribution in [2.45, 2.75) is 25.8 Å². The fourth-order valence-corrected chi connectivity index (χ4v) is 4.39. The number of hydrogen-bond acceptors (Lipinski definition) is 3. The molecule has 31 heavy (non-hydrogen) atoms. The average molecular weight is 409 g/mol. The van der Waals surface area contributed by atoms with E-state index in [0.717, 1.165) is 28.9 Å². The number of carbonyl (C=O) groups is 1. The van der Waals surface area contributed by atoms with E-state index in [2.05, 4.69) is 58.6 Å². The summed E-state index contributed by atoms with van der Waals surface area (Å²) in [7, 11) is 0. The van der Waals surface area contributed by atoms with Crippen molar-refractivity contribution in [1.29, 1.82) is 0 Å². The summed E-state index contributed by atoms with van der Waals surface area (Å²) in [6, 6.07) is 22.8. The second-order valence-corrected chi connectivity index (χ2v) is 7.99. The first-order valence-electron chi connectivity index (χ1n) is 10.6. The number of aromatic amines is 1. The molecule has 0 unspecified atom stereocenters. The molecule has 2 aromatic carbocycles. The molecule has 1 aliphatic heterocycles. The lowest BCUT2D eigenvalue weighted by Crippen LogP contribution is -2.36. The standard InChI is InChI=1S/C26H24N4O/c1-18-12-14-27-16-21(18)26(31)30-15-13-23-22(17-30)25(29-28-23)24(19-8-4-2-5-9-19)20-10-6-3-7-11-20/h2-12,14,16,24H,13,15,17H2,1H3,(H,28,29). The Bertz CT molecular complexity index is 1160. The molecule has 5 nitrogen and oxygen atoms in total. The minimum Gasteiger partial charge on any atom is -0.334 e. The minimum absolute atomic E-state index is 0.0116. The number of nitrogens with one attached hydrogen (secondary N) is 1. The van der Waals surface area contributed by atoms with E-state index in [-0.39, 0.29) is 11.8 Å². The monoisotopic (exact) mass is 408 g/mol. The molecule has 0 fully saturated rings. The van der Waals surface area contributed by atoms with Crippen molar-refractivity contribution in [2.24, 2.45) is 0 Å². The van der Waals surface area contributed by atoms with Crippen LogP contribution in [-0.2, 0) is 13.0 Å². The van der Waals surface area contributed by atoms with Gasteiger partial charge in [-0.05, 0) is 29.7 Å². The molecule has 0 atom stereocenters. The Balaban J connectivity index is 1.54. The molecule has 3 heterocycles. The zero-order chi connectivity index (χ0) is 21.2. The van der Waals surface area contributed by atoms with Gasteiger partial charge in [-0.15, -0.1) is 0 Å². The average Bonchev–Trinajstić information content (AvgIpc) is 3.23. The number of amides is 1. The van der Waals surface area contributed by atoms with Crippen LogP contribution < -0.4 is 0 Å². The topological polar surface area (TPSA) is 61.9 Å². The predicted octanol–water partition coefficient (Wildman–Crippen LogP) is 4.49. The zero-order valence-corrected chi connectivity index (χ0v) is 17.5. The maximum absolute atomic E-state index is 13.2. The molecule has 0 radical (unpaired) electrons. The summed E-state index contributed by atoms with van der Waals surface area (Å²) >= 11 is 0. The third kappa shape index (κ3) is 3.63. The summed E-state index contributed by atoms with van der Waals surface area (Å²) in [5.74, 6) is 0.0388. The first-order chi connectivity index (χ1) is 15.2. The summed E-state index contributed by atoms with van der Waals surface area (Å²) < 4.78 is 0. The first-order valence-corrected chi connectivity index (χ1v) is 10.6. The Morgan fingerprint density at radius 2 is 1.68 bits per heavy atom. The van der Waals surface area contributed by atoms with Gasteiger partial charge >= 0.3 is 0 Å². The third-order valence-electron chi connectivity index (χ3n) is 6.06. The van der Waals surface area contributed by atoms with E-state index in [9.17, 15) is 4.79 Å². The summed E-state index contributed by atoms with van der Waals surface area (Å²) in [5, 5.41) is 8.02. The SMILES string of the molecule is Cc1ccncc1C(=O)N1CCc2[nH]nc(C(c3ccccc3)c3ccccc3)c2C1. The molecule has 0 bridgehead atoms. The van der Waals surface area contributed by atoms with E-state index in [1.807, 2.05) is 30.0 Å². The highest BCUT2D eigenvalue weighted by atomic mass is 16.2. The Morgan fingerprint density at radius 3 is 2.32 bits per heavy atom. The van der Waals surface area contributed by atoms with Gasteiger partial charge in [-0.3, -0.25) is 14.9 Å². The van der Waals surface area contributed by atoms with Crippen molar-refractivity contribution in [3.63, 3.8) is 0 Å². The van der Waals surface area contributed by atoms with Crippen molar-refractivity contribution in [3.05, 3.63) is 118 Å². The molecule has 1 amide bonds. The van der Waals surface area contributed by atoms with Gasteiger partial charge in [-0.1, -0.05) is 60.7 Å². The number of rotatable bonds is 4. The molecule has 5 heteroatoms. The summed E-state index contributed by atoms with van der Waals surface area (Å²) in [6.07, 6.45) is 4.16. The van der Waals surface area contributed by atoms with E-state index in [4.69, 9.17) is 5.10 Å². The molecule has 0 saturated carbocycles. The number of nitrogens with zero attached hydrogens (tertiary/aromatic N) is 3. The van der Waals surface area contributed by atoms with E-state index in [1.54, 1.807) is 12.4 Å². The molecule has 0 saturated heterocycles. The van der Waals surface area contributed by atoms with Crippen molar-refractivity contribution in [1.82, 2.24) is 20.1 Å². The van der Waals surface area contributed by atoms with Gasteiger partial charge in [0.05, 0.1) is 17.2 Å². The van der Waals surface area contributed by atoms with Gasteiger partial charge in [0.15, 0.2) is 0 Å². The van der Waals surface area contributed by atoms with Gasteiger partial charge in [-0.2, -0.15) is 5.10 Å². The predicted molar refractivity (Wildman–Crippen MR) is 120 cm³/mol. The minimum atomic E-state index is 0.0116. The third-order valence-corrected chi connectivity index (χ3v) is 6.06. The Kier molecular flexibility index (Phi) is 5.08. The van der Waals surface area contributed by atoms with Crippen molar-refractivity contribution >= 4 is 5.91 Å². The summed E-state index contributed by atoms with van der Waals surface area (Å²) in [5.41, 5.74) is 7.23. The van der Waals surface area contributed by atoms with Crippen molar-refractivity contribution in [2.75, 3.05) is 6.54 Å². The second-order valence-electron chi connectivity index (χ2n) is 7.99. The lowest BCUT2D eigenvalue weighted by Gasteiger charge is -2.29. The van der Waals surface area contributed by atoms with Gasteiger partial charge in [0.25, 0.3) is 5.91 Å². The Morgan fingerprint density at radius 1 is 1.00 bits per heavy atom. The fourth-order valence-electron chi connectivity index (χ4n) is 4.39. The highest BCUT2D eigenvalue weighted by Crippen LogP contribution is 2.35. The molecule has 5 rings (SSSR count). The van der Waals surface area contributed by atoms with E-state index in [1.165, 1.54) is 11.1 Å². The molecule has 1 N–H and O–H groups in total. The van der Waals surface area contributed by atoms with Crippen LogP contribution in [0.3, 0.4) is 0 Å². The van der Waals surface area contributed by atoms with Crippen LogP contribution in [0.1, 0.15) is 49.9 Å². The fraction of sp³-hybridized carbons (Fsp3) is 0.192. The maximum atomic E-state index is 13.2. The first kappa shape index (κ1) is 19.2. The van der Waals surface area contributed by atoms with Crippen LogP contribution in [0.25, 0.3) is 0 Å². The van der Waals surface area contributed by atoms with Gasteiger partial charge in [0, 0.05) is 43.2 Å². The van der Waals surface area contributed by atoms with Crippen LogP contribution >= 0.6 is 0 Å². The normalized spacial score (nSPS) is 13.3. The summed E-state index contributed by atoms with van der Waals surface area (Å²) in [4.78, 5) is 19.3. The van der Waals surface area contributed by atoms with Crippen LogP contribution in [0.5, 0.6) is 0 Å². The van der Waals surface area contributed by atoms with Crippen LogP contribution in [0.4, 0.5) is 0 Å². The number of benzene rings is 2. The van der Waals surface area contributed by atoms with E-state index >= 15 is 0 Å². The van der Waals surface area contributed by atoms with Gasteiger partial charge in [0.1, 0.15) is 0 Å². The van der Waals surface area contributed by atoms with Gasteiger partial charge in [0.2, 0.25) is 0 Å². The number of H-pyrrole nitrogens is 1. The molecular formula is C26H24N4O. The van der Waals surface area contributed by atoms with Crippen LogP contribution in [0.15, 0.2) is 79.1 Å². The Hall–Kier alpha value is -3.73. The molecule has 154 valence electrons. The van der Waals surface area contributed by atoms with Crippen molar-refractivity contribution in [3.8, 4) is 0 Å². The Labute approximate surface area is 181 Å². The molecule has 4 aromatic rings. The molecule has 1 aliphatic rings. The number of carbonyl (C=O) groups excluding carboxylic acids is 1. The molecule has 0 aliphatic carbocycles. The number of aryl methyl sites for hydroxylation is 1. The van der Waals surface area contributed by atoms with Crippen LogP contribution in [-0.4, -0.2) is 32.5 Å². The highest BCUT2D eigenvalue weighted by molar-refractivity contribution is 5.95. The van der Waals surface area contributed by atoms with E-state index in [0.29, 0.717) is 18.7 Å². The van der Waals surface area contributed by atoms with Crippen molar-refractivity contribution < 1.29 is 4.79 Å². The second kappa shape index (κ2) is 8.19. The maximum Gasteiger partial charge on any atom is 0.256 e. The number of fused-ring (bicyclic) bond motifs is 1. The zero-order valence-electron chi connectivity index (χ0n) is 17.5. The van der Waals surface area contributed by atoms with Gasteiger partial charge in [-0.25, -0.2) is 0 Å². The lowest BCUT2D eigenvalue weighted by molar-refractivity contribution is 0.0732. The number of pyridine rings is 1. The largest absolute Gasteiger partial charge is 0.334 e. The van der Waals surface area contributed by atoms with Crippen LogP contribution in [0, 0.1) is 6.92 Å². The van der Waals surface area contributed by atoms with Crippen LogP contribution in [0.2, 0.25) is 0 Å². The number of hydrogen-bond donors (Lipinski definition) is 1. The lowest BCUT2D eigenvalue weighted by atomic mass is 9.85. The summed E-state index contributed by atoms with van der Waals surface area (Å²) in [6.45, 7) is 3.17. The molecule has 0 spiro atoms. The molecule has 2 aromatic heterocycles. The highest BCUT2D eigenvalue weighted by Gasteiger charge is 2.30.